The van der Waals surface area contributed by atoms with E-state index in [1.54, 1.807) is 10.9 Å². The van der Waals surface area contributed by atoms with Gasteiger partial charge in [0.15, 0.2) is 0 Å². The minimum atomic E-state index is -0.102. The second-order valence-electron chi connectivity index (χ2n) is 7.65. The molecule has 3 aromatic rings. The number of hydrogen-bond acceptors (Lipinski definition) is 4. The molecule has 2 aromatic carbocycles. The van der Waals surface area contributed by atoms with Crippen LogP contribution in [0.2, 0.25) is 0 Å². The van der Waals surface area contributed by atoms with Crippen molar-refractivity contribution in [2.45, 2.75) is 26.8 Å². The normalized spacial score (nSPS) is 14.7. The third-order valence-electron chi connectivity index (χ3n) is 5.35. The Morgan fingerprint density at radius 1 is 0.786 bits per heavy atom. The zero-order valence-corrected chi connectivity index (χ0v) is 16.7. The molecule has 28 heavy (non-hydrogen) atoms. The van der Waals surface area contributed by atoms with E-state index >= 15 is 0 Å². The van der Waals surface area contributed by atoms with Gasteiger partial charge in [0.25, 0.3) is 0 Å². The van der Waals surface area contributed by atoms with E-state index in [4.69, 9.17) is 0 Å². The Labute approximate surface area is 165 Å². The van der Waals surface area contributed by atoms with Crippen LogP contribution in [0.3, 0.4) is 0 Å². The quantitative estimate of drug-likeness (QED) is 0.700. The molecular formula is C22H27N5O. The van der Waals surface area contributed by atoms with Gasteiger partial charge in [0.2, 0.25) is 0 Å². The zero-order chi connectivity index (χ0) is 19.7. The van der Waals surface area contributed by atoms with E-state index in [0.29, 0.717) is 0 Å². The third-order valence-corrected chi connectivity index (χ3v) is 5.35. The molecule has 1 fully saturated rings. The molecule has 1 saturated heterocycles. The number of piperazine rings is 1. The molecule has 0 spiro atoms. The van der Waals surface area contributed by atoms with Crippen LogP contribution in [0.5, 0.6) is 0 Å². The first-order chi connectivity index (χ1) is 13.5. The van der Waals surface area contributed by atoms with Crippen molar-refractivity contribution < 1.29 is 0 Å². The molecule has 1 aromatic heterocycles. The van der Waals surface area contributed by atoms with E-state index in [2.05, 4.69) is 58.2 Å². The predicted molar refractivity (Wildman–Crippen MR) is 114 cm³/mol. The molecule has 0 bridgehead atoms. The van der Waals surface area contributed by atoms with E-state index in [9.17, 15) is 4.79 Å². The highest BCUT2D eigenvalue weighted by atomic mass is 16.2. The summed E-state index contributed by atoms with van der Waals surface area (Å²) in [4.78, 5) is 17.3. The van der Waals surface area contributed by atoms with Crippen LogP contribution in [0.15, 0.2) is 59.7 Å². The summed E-state index contributed by atoms with van der Waals surface area (Å²) in [6, 6.07) is 17.0. The van der Waals surface area contributed by atoms with Crippen LogP contribution in [0, 0.1) is 6.92 Å². The van der Waals surface area contributed by atoms with Crippen LogP contribution in [-0.4, -0.2) is 40.5 Å². The van der Waals surface area contributed by atoms with Crippen molar-refractivity contribution in [2.75, 3.05) is 36.0 Å². The Bertz CT molecular complexity index is 977. The lowest BCUT2D eigenvalue weighted by Crippen LogP contribution is -2.46. The SMILES string of the molecule is Cc1ccc(N2CCN(c3ccc(-n4cnn(C(C)C)c4=O)cc3)CC2)cc1. The molecule has 1 aliphatic heterocycles. The maximum absolute atomic E-state index is 12.4. The average Bonchev–Trinajstić information content (AvgIpc) is 3.10. The number of aryl methyl sites for hydroxylation is 1. The fraction of sp³-hybridized carbons (Fsp3) is 0.364. The largest absolute Gasteiger partial charge is 0.368 e. The summed E-state index contributed by atoms with van der Waals surface area (Å²) in [5.74, 6) is 0. The first-order valence-corrected chi connectivity index (χ1v) is 9.86. The Balaban J connectivity index is 1.44. The second kappa shape index (κ2) is 7.54. The van der Waals surface area contributed by atoms with Crippen LogP contribution >= 0.6 is 0 Å². The Kier molecular flexibility index (Phi) is 4.94. The van der Waals surface area contributed by atoms with Crippen LogP contribution in [0.1, 0.15) is 25.5 Å². The molecule has 0 N–H and O–H groups in total. The lowest BCUT2D eigenvalue weighted by Gasteiger charge is -2.37. The van der Waals surface area contributed by atoms with E-state index in [-0.39, 0.29) is 11.7 Å². The first kappa shape index (κ1) is 18.3. The lowest BCUT2D eigenvalue weighted by atomic mass is 10.2. The molecule has 4 rings (SSSR count). The molecule has 1 aliphatic rings. The van der Waals surface area contributed by atoms with E-state index in [0.717, 1.165) is 31.9 Å². The van der Waals surface area contributed by atoms with Crippen molar-refractivity contribution in [1.29, 1.82) is 0 Å². The van der Waals surface area contributed by atoms with Gasteiger partial charge in [0, 0.05) is 37.6 Å². The Morgan fingerprint density at radius 3 is 1.71 bits per heavy atom. The molecule has 2 heterocycles. The highest BCUT2D eigenvalue weighted by Gasteiger charge is 2.18. The third kappa shape index (κ3) is 3.54. The maximum atomic E-state index is 12.4. The number of rotatable bonds is 4. The summed E-state index contributed by atoms with van der Waals surface area (Å²) >= 11 is 0. The average molecular weight is 377 g/mol. The van der Waals surface area contributed by atoms with Crippen molar-refractivity contribution >= 4 is 11.4 Å². The van der Waals surface area contributed by atoms with E-state index < -0.39 is 0 Å². The summed E-state index contributed by atoms with van der Waals surface area (Å²) in [6.07, 6.45) is 1.59. The molecule has 0 amide bonds. The van der Waals surface area contributed by atoms with Crippen LogP contribution < -0.4 is 15.5 Å². The number of hydrogen-bond donors (Lipinski definition) is 0. The summed E-state index contributed by atoms with van der Waals surface area (Å²) < 4.78 is 3.09. The number of aromatic nitrogens is 3. The fourth-order valence-electron chi connectivity index (χ4n) is 3.65. The standard InChI is InChI=1S/C22H27N5O/c1-17(2)27-22(28)26(16-23-27)21-10-8-20(9-11-21)25-14-12-24(13-15-25)19-6-4-18(3)5-7-19/h4-11,16-17H,12-15H2,1-3H3. The van der Waals surface area contributed by atoms with Gasteiger partial charge in [0.1, 0.15) is 6.33 Å². The highest BCUT2D eigenvalue weighted by Crippen LogP contribution is 2.22. The summed E-state index contributed by atoms with van der Waals surface area (Å²) in [5.41, 5.74) is 4.52. The maximum Gasteiger partial charge on any atom is 0.350 e. The van der Waals surface area contributed by atoms with Crippen LogP contribution in [0.4, 0.5) is 11.4 Å². The van der Waals surface area contributed by atoms with Gasteiger partial charge in [-0.1, -0.05) is 17.7 Å². The molecule has 6 nitrogen and oxygen atoms in total. The smallest absolute Gasteiger partial charge is 0.350 e. The van der Waals surface area contributed by atoms with Crippen molar-refractivity contribution in [3.05, 3.63) is 70.9 Å². The zero-order valence-electron chi connectivity index (χ0n) is 16.7. The van der Waals surface area contributed by atoms with Crippen molar-refractivity contribution in [3.8, 4) is 5.69 Å². The molecule has 0 atom stereocenters. The van der Waals surface area contributed by atoms with Crippen LogP contribution in [0.25, 0.3) is 5.69 Å². The van der Waals surface area contributed by atoms with Gasteiger partial charge in [0.05, 0.1) is 11.7 Å². The minimum Gasteiger partial charge on any atom is -0.368 e. The Hall–Kier alpha value is -3.02. The van der Waals surface area contributed by atoms with Crippen molar-refractivity contribution in [2.24, 2.45) is 0 Å². The first-order valence-electron chi connectivity index (χ1n) is 9.86. The van der Waals surface area contributed by atoms with Crippen molar-refractivity contribution in [1.82, 2.24) is 14.3 Å². The monoisotopic (exact) mass is 377 g/mol. The van der Waals surface area contributed by atoms with Gasteiger partial charge in [-0.2, -0.15) is 5.10 Å². The number of anilines is 2. The van der Waals surface area contributed by atoms with Gasteiger partial charge < -0.3 is 9.80 Å². The predicted octanol–water partition coefficient (Wildman–Crippen LogP) is 3.25. The summed E-state index contributed by atoms with van der Waals surface area (Å²) in [6.45, 7) is 10.0. The van der Waals surface area contributed by atoms with Crippen molar-refractivity contribution in [3.63, 3.8) is 0 Å². The van der Waals surface area contributed by atoms with E-state index in [1.807, 2.05) is 26.0 Å². The van der Waals surface area contributed by atoms with Gasteiger partial charge in [-0.25, -0.2) is 14.0 Å². The lowest BCUT2D eigenvalue weighted by molar-refractivity contribution is 0.511. The van der Waals surface area contributed by atoms with E-state index in [1.165, 1.54) is 21.6 Å². The van der Waals surface area contributed by atoms with Gasteiger partial charge in [-0.05, 0) is 57.2 Å². The molecular weight excluding hydrogens is 350 g/mol. The summed E-state index contributed by atoms with van der Waals surface area (Å²) in [5, 5.41) is 4.20. The van der Waals surface area contributed by atoms with Crippen LogP contribution in [-0.2, 0) is 0 Å². The topological polar surface area (TPSA) is 46.3 Å². The number of benzene rings is 2. The molecule has 146 valence electrons. The van der Waals surface area contributed by atoms with Gasteiger partial charge in [-0.3, -0.25) is 0 Å². The van der Waals surface area contributed by atoms with Gasteiger partial charge in [-0.15, -0.1) is 0 Å². The molecule has 0 aliphatic carbocycles. The van der Waals surface area contributed by atoms with Gasteiger partial charge >= 0.3 is 5.69 Å². The molecule has 0 radical (unpaired) electrons. The fourth-order valence-corrected chi connectivity index (χ4v) is 3.65. The second-order valence-corrected chi connectivity index (χ2v) is 7.65. The molecule has 0 saturated carbocycles. The summed E-state index contributed by atoms with van der Waals surface area (Å²) in [7, 11) is 0. The molecule has 0 unspecified atom stereocenters. The minimum absolute atomic E-state index is 0.0536. The highest BCUT2D eigenvalue weighted by molar-refractivity contribution is 5.54. The molecule has 6 heteroatoms. The number of nitrogens with zero attached hydrogens (tertiary/aromatic N) is 5. The Morgan fingerprint density at radius 2 is 1.25 bits per heavy atom.